The topological polar surface area (TPSA) is 51.7 Å². The van der Waals surface area contributed by atoms with Crippen LogP contribution in [0.3, 0.4) is 0 Å². The van der Waals surface area contributed by atoms with Gasteiger partial charge in [-0.15, -0.1) is 0 Å². The molecular formula is C28H28N2O3. The summed E-state index contributed by atoms with van der Waals surface area (Å²) >= 11 is 0. The molecule has 3 aromatic rings. The fraction of sp³-hybridized carbons (Fsp3) is 0.286. The van der Waals surface area contributed by atoms with Gasteiger partial charge in [0.25, 0.3) is 0 Å². The van der Waals surface area contributed by atoms with E-state index in [0.29, 0.717) is 30.3 Å². The summed E-state index contributed by atoms with van der Waals surface area (Å²) in [5.74, 6) is 1.71. The Balaban J connectivity index is 1.40. The van der Waals surface area contributed by atoms with Crippen molar-refractivity contribution in [3.05, 3.63) is 94.0 Å². The average Bonchev–Trinajstić information content (AvgIpc) is 3.10. The smallest absolute Gasteiger partial charge is 0.231 e. The highest BCUT2D eigenvalue weighted by Crippen LogP contribution is 2.43. The number of allylic oxidation sites excluding steroid dienone is 1. The Hall–Kier alpha value is -3.44. The normalized spacial score (nSPS) is 16.8. The number of carbonyl (C=O) groups is 1. The number of hydrogen-bond donors (Lipinski definition) is 0. The molecule has 33 heavy (non-hydrogen) atoms. The lowest BCUT2D eigenvalue weighted by atomic mass is 9.86. The lowest BCUT2D eigenvalue weighted by Crippen LogP contribution is -2.32. The molecule has 2 aliphatic heterocycles. The molecule has 5 nitrogen and oxygen atoms in total. The molecule has 2 aliphatic rings. The van der Waals surface area contributed by atoms with Gasteiger partial charge in [0.15, 0.2) is 5.76 Å². The largest absolute Gasteiger partial charge is 0.477 e. The highest BCUT2D eigenvalue weighted by Gasteiger charge is 2.33. The van der Waals surface area contributed by atoms with E-state index in [4.69, 9.17) is 9.47 Å². The van der Waals surface area contributed by atoms with Gasteiger partial charge in [-0.3, -0.25) is 14.7 Å². The third kappa shape index (κ3) is 4.16. The fourth-order valence-corrected chi connectivity index (χ4v) is 4.37. The molecular weight excluding hydrogens is 412 g/mol. The standard InChI is InChI=1S/C28H28N2O3/c1-18-26-21(16-30(17-32-26)15-20-9-11-29-12-10-20)14-23-25(31)24(33-27(18)23)13-19-5-7-22(8-6-19)28(2,3)4/h5-14H,15-17H2,1-4H3/b24-13-. The monoisotopic (exact) mass is 440 g/mol. The van der Waals surface area contributed by atoms with Crippen LogP contribution in [-0.2, 0) is 18.5 Å². The molecule has 168 valence electrons. The van der Waals surface area contributed by atoms with Crippen molar-refractivity contribution < 1.29 is 14.3 Å². The molecule has 0 amide bonds. The molecule has 0 N–H and O–H groups in total. The second-order valence-corrected chi connectivity index (χ2v) is 9.79. The summed E-state index contributed by atoms with van der Waals surface area (Å²) in [5.41, 5.74) is 5.97. The number of benzene rings is 2. The van der Waals surface area contributed by atoms with E-state index in [-0.39, 0.29) is 11.2 Å². The third-order valence-corrected chi connectivity index (χ3v) is 6.23. The highest BCUT2D eigenvalue weighted by molar-refractivity contribution is 6.15. The van der Waals surface area contributed by atoms with Crippen LogP contribution >= 0.6 is 0 Å². The Kier molecular flexibility index (Phi) is 5.29. The molecule has 0 aliphatic carbocycles. The van der Waals surface area contributed by atoms with Crippen molar-refractivity contribution in [3.8, 4) is 11.5 Å². The van der Waals surface area contributed by atoms with Crippen LogP contribution in [0.5, 0.6) is 11.5 Å². The minimum absolute atomic E-state index is 0.0814. The van der Waals surface area contributed by atoms with Gasteiger partial charge in [0.05, 0.1) is 5.56 Å². The second-order valence-electron chi connectivity index (χ2n) is 9.79. The molecule has 0 radical (unpaired) electrons. The lowest BCUT2D eigenvalue weighted by Gasteiger charge is -2.30. The van der Waals surface area contributed by atoms with E-state index in [1.807, 2.05) is 43.3 Å². The molecule has 2 aromatic carbocycles. The first-order valence-electron chi connectivity index (χ1n) is 11.2. The summed E-state index contributed by atoms with van der Waals surface area (Å²) in [6.45, 7) is 10.5. The van der Waals surface area contributed by atoms with Gasteiger partial charge in [0.1, 0.15) is 18.2 Å². The maximum absolute atomic E-state index is 13.2. The minimum Gasteiger partial charge on any atom is -0.477 e. The van der Waals surface area contributed by atoms with Crippen molar-refractivity contribution in [2.45, 2.75) is 46.2 Å². The maximum Gasteiger partial charge on any atom is 0.231 e. The average molecular weight is 441 g/mol. The van der Waals surface area contributed by atoms with E-state index in [0.717, 1.165) is 29.0 Å². The Bertz CT molecular complexity index is 1240. The zero-order valence-electron chi connectivity index (χ0n) is 19.5. The molecule has 3 heterocycles. The number of pyridine rings is 1. The van der Waals surface area contributed by atoms with E-state index in [9.17, 15) is 4.79 Å². The number of fused-ring (bicyclic) bond motifs is 2. The van der Waals surface area contributed by atoms with Gasteiger partial charge in [-0.05, 0) is 53.3 Å². The molecule has 0 spiro atoms. The van der Waals surface area contributed by atoms with Gasteiger partial charge in [0, 0.05) is 36.6 Å². The van der Waals surface area contributed by atoms with Crippen LogP contribution in [0.4, 0.5) is 0 Å². The van der Waals surface area contributed by atoms with Crippen LogP contribution in [0, 0.1) is 6.92 Å². The van der Waals surface area contributed by atoms with Crippen molar-refractivity contribution >= 4 is 11.9 Å². The van der Waals surface area contributed by atoms with Crippen LogP contribution in [0.2, 0.25) is 0 Å². The van der Waals surface area contributed by atoms with Gasteiger partial charge in [-0.1, -0.05) is 45.0 Å². The fourth-order valence-electron chi connectivity index (χ4n) is 4.37. The number of hydrogen-bond acceptors (Lipinski definition) is 5. The maximum atomic E-state index is 13.2. The van der Waals surface area contributed by atoms with Gasteiger partial charge < -0.3 is 9.47 Å². The van der Waals surface area contributed by atoms with Crippen LogP contribution < -0.4 is 9.47 Å². The highest BCUT2D eigenvalue weighted by atomic mass is 16.5. The molecule has 0 saturated heterocycles. The number of ether oxygens (including phenoxy) is 2. The molecule has 0 atom stereocenters. The second kappa shape index (κ2) is 8.16. The Morgan fingerprint density at radius 3 is 2.48 bits per heavy atom. The van der Waals surface area contributed by atoms with Crippen molar-refractivity contribution in [2.24, 2.45) is 0 Å². The zero-order chi connectivity index (χ0) is 23.2. The number of aromatic nitrogens is 1. The summed E-state index contributed by atoms with van der Waals surface area (Å²) in [4.78, 5) is 19.5. The van der Waals surface area contributed by atoms with Crippen molar-refractivity contribution in [1.82, 2.24) is 9.88 Å². The molecule has 0 fully saturated rings. The summed E-state index contributed by atoms with van der Waals surface area (Å²) in [6.07, 6.45) is 5.42. The summed E-state index contributed by atoms with van der Waals surface area (Å²) in [6, 6.07) is 14.2. The van der Waals surface area contributed by atoms with Gasteiger partial charge in [-0.2, -0.15) is 0 Å². The summed E-state index contributed by atoms with van der Waals surface area (Å²) in [5, 5.41) is 0. The molecule has 0 saturated carbocycles. The number of rotatable bonds is 3. The van der Waals surface area contributed by atoms with Crippen molar-refractivity contribution in [1.29, 1.82) is 0 Å². The van der Waals surface area contributed by atoms with Gasteiger partial charge in [0.2, 0.25) is 5.78 Å². The molecule has 5 rings (SSSR count). The first-order chi connectivity index (χ1) is 15.8. The molecule has 0 bridgehead atoms. The van der Waals surface area contributed by atoms with Crippen molar-refractivity contribution in [2.75, 3.05) is 6.73 Å². The quantitative estimate of drug-likeness (QED) is 0.492. The number of carbonyl (C=O) groups excluding carboxylic acids is 1. The molecule has 1 aromatic heterocycles. The number of Topliss-reactive ketones (excluding diaryl/α,β-unsaturated/α-hetero) is 1. The van der Waals surface area contributed by atoms with E-state index >= 15 is 0 Å². The van der Waals surface area contributed by atoms with E-state index < -0.39 is 0 Å². The Morgan fingerprint density at radius 2 is 1.79 bits per heavy atom. The van der Waals surface area contributed by atoms with Gasteiger partial charge >= 0.3 is 0 Å². The Morgan fingerprint density at radius 1 is 1.06 bits per heavy atom. The lowest BCUT2D eigenvalue weighted by molar-refractivity contribution is 0.0876. The van der Waals surface area contributed by atoms with Crippen LogP contribution in [0.15, 0.2) is 60.6 Å². The van der Waals surface area contributed by atoms with Gasteiger partial charge in [-0.25, -0.2) is 0 Å². The summed E-state index contributed by atoms with van der Waals surface area (Å²) in [7, 11) is 0. The third-order valence-electron chi connectivity index (χ3n) is 6.23. The van der Waals surface area contributed by atoms with E-state index in [1.165, 1.54) is 11.1 Å². The first kappa shape index (κ1) is 21.4. The van der Waals surface area contributed by atoms with Crippen LogP contribution in [0.25, 0.3) is 6.08 Å². The minimum atomic E-state index is -0.0814. The predicted molar refractivity (Wildman–Crippen MR) is 128 cm³/mol. The predicted octanol–water partition coefficient (Wildman–Crippen LogP) is 5.66. The number of nitrogens with zero attached hydrogens (tertiary/aromatic N) is 2. The van der Waals surface area contributed by atoms with E-state index in [2.05, 4.69) is 42.8 Å². The first-order valence-corrected chi connectivity index (χ1v) is 11.2. The number of ketones is 1. The molecule has 0 unspecified atom stereocenters. The van der Waals surface area contributed by atoms with Crippen LogP contribution in [-0.4, -0.2) is 22.4 Å². The van der Waals surface area contributed by atoms with Crippen LogP contribution in [0.1, 0.15) is 58.9 Å². The molecule has 5 heteroatoms. The summed E-state index contributed by atoms with van der Waals surface area (Å²) < 4.78 is 12.1. The van der Waals surface area contributed by atoms with E-state index in [1.54, 1.807) is 12.4 Å². The Labute approximate surface area is 194 Å². The van der Waals surface area contributed by atoms with Crippen molar-refractivity contribution in [3.63, 3.8) is 0 Å². The zero-order valence-corrected chi connectivity index (χ0v) is 19.5. The SMILES string of the molecule is Cc1c2c(cc3c1O/C(=C\c1ccc(C(C)(C)C)cc1)C3=O)CN(Cc1ccncc1)CO2.